The maximum Gasteiger partial charge on any atom is 0.142 e. The van der Waals surface area contributed by atoms with Gasteiger partial charge in [-0.25, -0.2) is 10.8 Å². The molecule has 0 unspecified atom stereocenters. The van der Waals surface area contributed by atoms with Crippen LogP contribution in [0.25, 0.3) is 0 Å². The molecule has 3 N–H and O–H groups in total. The molecule has 0 spiro atoms. The summed E-state index contributed by atoms with van der Waals surface area (Å²) in [6.07, 6.45) is 3.84. The lowest BCUT2D eigenvalue weighted by atomic mass is 10.3. The number of hydrogen-bond donors (Lipinski definition) is 2. The number of pyridine rings is 1. The van der Waals surface area contributed by atoms with Gasteiger partial charge in [0.05, 0.1) is 6.20 Å². The predicted molar refractivity (Wildman–Crippen MR) is 67.4 cm³/mol. The van der Waals surface area contributed by atoms with Gasteiger partial charge in [0.2, 0.25) is 0 Å². The van der Waals surface area contributed by atoms with Gasteiger partial charge in [0.1, 0.15) is 11.6 Å². The van der Waals surface area contributed by atoms with Gasteiger partial charge < -0.3 is 10.3 Å². The summed E-state index contributed by atoms with van der Waals surface area (Å²) >= 11 is 0. The smallest absolute Gasteiger partial charge is 0.142 e. The lowest BCUT2D eigenvalue weighted by Crippen LogP contribution is -2.18. The van der Waals surface area contributed by atoms with Crippen LogP contribution in [0, 0.1) is 0 Å². The largest absolute Gasteiger partial charge is 0.355 e. The molecule has 0 aliphatic carbocycles. The first kappa shape index (κ1) is 11.4. The molecule has 0 radical (unpaired) electrons. The SMILES string of the molecule is CN(Cc1cnn(C)c1)c1cccc(NN)n1. The van der Waals surface area contributed by atoms with Crippen LogP contribution in [-0.4, -0.2) is 21.8 Å². The Morgan fingerprint density at radius 1 is 1.47 bits per heavy atom. The van der Waals surface area contributed by atoms with Gasteiger partial charge in [-0.1, -0.05) is 6.07 Å². The number of rotatable bonds is 4. The fraction of sp³-hybridized carbons (Fsp3) is 0.273. The van der Waals surface area contributed by atoms with E-state index in [0.29, 0.717) is 5.82 Å². The van der Waals surface area contributed by atoms with Crippen molar-refractivity contribution in [1.82, 2.24) is 14.8 Å². The molecule has 0 atom stereocenters. The van der Waals surface area contributed by atoms with Gasteiger partial charge >= 0.3 is 0 Å². The maximum absolute atomic E-state index is 5.33. The Hall–Kier alpha value is -2.08. The molecule has 0 fully saturated rings. The maximum atomic E-state index is 5.33. The number of nitrogens with two attached hydrogens (primary N) is 1. The average molecular weight is 232 g/mol. The highest BCUT2D eigenvalue weighted by Crippen LogP contribution is 2.14. The van der Waals surface area contributed by atoms with E-state index in [-0.39, 0.29) is 0 Å². The van der Waals surface area contributed by atoms with Crippen LogP contribution >= 0.6 is 0 Å². The summed E-state index contributed by atoms with van der Waals surface area (Å²) in [5.74, 6) is 6.85. The van der Waals surface area contributed by atoms with E-state index in [1.54, 1.807) is 4.68 Å². The third-order valence-corrected chi connectivity index (χ3v) is 2.45. The summed E-state index contributed by atoms with van der Waals surface area (Å²) in [4.78, 5) is 6.40. The summed E-state index contributed by atoms with van der Waals surface area (Å²) in [5.41, 5.74) is 3.68. The lowest BCUT2D eigenvalue weighted by Gasteiger charge is -2.17. The van der Waals surface area contributed by atoms with Crippen molar-refractivity contribution in [3.05, 3.63) is 36.2 Å². The first-order chi connectivity index (χ1) is 8.19. The highest BCUT2D eigenvalue weighted by Gasteiger charge is 2.05. The minimum Gasteiger partial charge on any atom is -0.355 e. The Balaban J connectivity index is 2.11. The number of nitrogens with one attached hydrogen (secondary N) is 1. The van der Waals surface area contributed by atoms with Crippen LogP contribution in [0.2, 0.25) is 0 Å². The third-order valence-electron chi connectivity index (χ3n) is 2.45. The quantitative estimate of drug-likeness (QED) is 0.601. The minimum absolute atomic E-state index is 0.653. The minimum atomic E-state index is 0.653. The van der Waals surface area contributed by atoms with Gasteiger partial charge in [0.15, 0.2) is 0 Å². The van der Waals surface area contributed by atoms with Crippen LogP contribution in [-0.2, 0) is 13.6 Å². The Morgan fingerprint density at radius 3 is 2.94 bits per heavy atom. The van der Waals surface area contributed by atoms with Crippen LogP contribution in [0.1, 0.15) is 5.56 Å². The van der Waals surface area contributed by atoms with Gasteiger partial charge in [-0.15, -0.1) is 0 Å². The van der Waals surface area contributed by atoms with E-state index < -0.39 is 0 Å². The molecule has 2 heterocycles. The topological polar surface area (TPSA) is 72.0 Å². The molecule has 2 rings (SSSR count). The van der Waals surface area contributed by atoms with Crippen LogP contribution in [0.5, 0.6) is 0 Å². The predicted octanol–water partition coefficient (Wildman–Crippen LogP) is 0.737. The summed E-state index contributed by atoms with van der Waals surface area (Å²) in [5, 5.41) is 4.13. The number of hydrazine groups is 1. The number of nitrogen functional groups attached to an aromatic ring is 1. The molecule has 17 heavy (non-hydrogen) atoms. The summed E-state index contributed by atoms with van der Waals surface area (Å²) in [7, 11) is 3.89. The van der Waals surface area contributed by atoms with Gasteiger partial charge in [-0.05, 0) is 12.1 Å². The zero-order valence-corrected chi connectivity index (χ0v) is 9.96. The van der Waals surface area contributed by atoms with Crippen LogP contribution < -0.4 is 16.2 Å². The molecule has 6 nitrogen and oxygen atoms in total. The van der Waals surface area contributed by atoms with E-state index in [1.807, 2.05) is 49.6 Å². The number of anilines is 2. The third kappa shape index (κ3) is 2.73. The van der Waals surface area contributed by atoms with Crippen molar-refractivity contribution in [2.75, 3.05) is 17.4 Å². The Kier molecular flexibility index (Phi) is 3.24. The highest BCUT2D eigenvalue weighted by atomic mass is 15.3. The van der Waals surface area contributed by atoms with E-state index >= 15 is 0 Å². The summed E-state index contributed by atoms with van der Waals surface area (Å²) in [6, 6.07) is 5.68. The molecule has 6 heteroatoms. The first-order valence-electron chi connectivity index (χ1n) is 5.31. The molecule has 90 valence electrons. The second-order valence-electron chi connectivity index (χ2n) is 3.90. The summed E-state index contributed by atoms with van der Waals surface area (Å²) < 4.78 is 1.79. The van der Waals surface area contributed by atoms with E-state index in [0.717, 1.165) is 17.9 Å². The Morgan fingerprint density at radius 2 is 2.29 bits per heavy atom. The highest BCUT2D eigenvalue weighted by molar-refractivity contribution is 5.46. The molecule has 2 aromatic rings. The molecule has 0 saturated carbocycles. The van der Waals surface area contributed by atoms with E-state index in [2.05, 4.69) is 15.5 Å². The van der Waals surface area contributed by atoms with Gasteiger partial charge in [0, 0.05) is 32.4 Å². The van der Waals surface area contributed by atoms with E-state index in [4.69, 9.17) is 5.84 Å². The number of aromatic nitrogens is 3. The molecule has 2 aromatic heterocycles. The monoisotopic (exact) mass is 232 g/mol. The normalized spacial score (nSPS) is 10.3. The zero-order valence-electron chi connectivity index (χ0n) is 9.96. The number of nitrogens with zero attached hydrogens (tertiary/aromatic N) is 4. The van der Waals surface area contributed by atoms with E-state index in [1.165, 1.54) is 0 Å². The average Bonchev–Trinajstić information content (AvgIpc) is 2.75. The molecule has 0 bridgehead atoms. The second kappa shape index (κ2) is 4.84. The van der Waals surface area contributed by atoms with Gasteiger partial charge in [-0.3, -0.25) is 4.68 Å². The molecule has 0 aromatic carbocycles. The van der Waals surface area contributed by atoms with Crippen molar-refractivity contribution in [2.24, 2.45) is 12.9 Å². The van der Waals surface area contributed by atoms with Crippen molar-refractivity contribution >= 4 is 11.6 Å². The van der Waals surface area contributed by atoms with Crippen molar-refractivity contribution in [1.29, 1.82) is 0 Å². The van der Waals surface area contributed by atoms with Gasteiger partial charge in [0.25, 0.3) is 0 Å². The summed E-state index contributed by atoms with van der Waals surface area (Å²) in [6.45, 7) is 0.759. The van der Waals surface area contributed by atoms with Crippen molar-refractivity contribution in [3.63, 3.8) is 0 Å². The number of hydrogen-bond acceptors (Lipinski definition) is 5. The molecule has 0 saturated heterocycles. The molecule has 0 aliphatic rings. The fourth-order valence-corrected chi connectivity index (χ4v) is 1.62. The standard InChI is InChI=1S/C11H16N6/c1-16(7-9-6-13-17(2)8-9)11-5-3-4-10(14-11)15-12/h3-6,8H,7,12H2,1-2H3,(H,14,15). The van der Waals surface area contributed by atoms with Gasteiger partial charge in [-0.2, -0.15) is 5.10 Å². The van der Waals surface area contributed by atoms with E-state index in [9.17, 15) is 0 Å². The Bertz CT molecular complexity index is 492. The molecular weight excluding hydrogens is 216 g/mol. The Labute approximate surface area is 100 Å². The molecular formula is C11H16N6. The fourth-order valence-electron chi connectivity index (χ4n) is 1.62. The van der Waals surface area contributed by atoms with Crippen LogP contribution in [0.3, 0.4) is 0 Å². The second-order valence-corrected chi connectivity index (χ2v) is 3.90. The van der Waals surface area contributed by atoms with Crippen LogP contribution in [0.4, 0.5) is 11.6 Å². The first-order valence-corrected chi connectivity index (χ1v) is 5.31. The van der Waals surface area contributed by atoms with Crippen molar-refractivity contribution in [2.45, 2.75) is 6.54 Å². The lowest BCUT2D eigenvalue weighted by molar-refractivity contribution is 0.766. The number of aryl methyl sites for hydroxylation is 1. The zero-order chi connectivity index (χ0) is 12.3. The van der Waals surface area contributed by atoms with Crippen LogP contribution in [0.15, 0.2) is 30.6 Å². The molecule has 0 amide bonds. The molecule has 0 aliphatic heterocycles. The van der Waals surface area contributed by atoms with Crippen molar-refractivity contribution < 1.29 is 0 Å². The van der Waals surface area contributed by atoms with Crippen molar-refractivity contribution in [3.8, 4) is 0 Å².